The van der Waals surface area contributed by atoms with E-state index in [0.717, 1.165) is 22.7 Å². The van der Waals surface area contributed by atoms with E-state index in [9.17, 15) is 18.8 Å². The van der Waals surface area contributed by atoms with Gasteiger partial charge in [0.1, 0.15) is 5.82 Å². The van der Waals surface area contributed by atoms with Crippen molar-refractivity contribution in [1.82, 2.24) is 10.2 Å². The molecule has 11 heteroatoms. The molecular formula is C22H20ClFN2O6S. The third-order valence-corrected chi connectivity index (χ3v) is 5.79. The Morgan fingerprint density at radius 3 is 2.39 bits per heavy atom. The minimum Gasteiger partial charge on any atom is -0.493 e. The molecule has 1 aliphatic rings. The number of amides is 3. The van der Waals surface area contributed by atoms with Crippen molar-refractivity contribution in [3.8, 4) is 17.2 Å². The molecule has 0 aromatic heterocycles. The van der Waals surface area contributed by atoms with Gasteiger partial charge in [0.15, 0.2) is 11.5 Å². The van der Waals surface area contributed by atoms with E-state index in [1.54, 1.807) is 12.1 Å². The molecule has 3 amide bonds. The minimum absolute atomic E-state index is 0.0553. The number of imide groups is 1. The first kappa shape index (κ1) is 24.4. The SMILES string of the molecule is COc1cc(/C=C2\SC(=O)N(CCNC(=O)c3cc(Cl)ccc3F)C2=O)cc(OC)c1OC. The topological polar surface area (TPSA) is 94.2 Å². The second-order valence-corrected chi connectivity index (χ2v) is 8.10. The van der Waals surface area contributed by atoms with Gasteiger partial charge < -0.3 is 19.5 Å². The molecule has 3 rings (SSSR count). The molecule has 1 fully saturated rings. The van der Waals surface area contributed by atoms with Gasteiger partial charge in [-0.1, -0.05) is 11.6 Å². The van der Waals surface area contributed by atoms with Gasteiger partial charge in [-0.15, -0.1) is 0 Å². The third-order valence-electron chi connectivity index (χ3n) is 4.65. The zero-order valence-electron chi connectivity index (χ0n) is 17.9. The van der Waals surface area contributed by atoms with Crippen LogP contribution in [-0.2, 0) is 4.79 Å². The summed E-state index contributed by atoms with van der Waals surface area (Å²) < 4.78 is 29.7. The van der Waals surface area contributed by atoms with Gasteiger partial charge in [-0.3, -0.25) is 19.3 Å². The van der Waals surface area contributed by atoms with Crippen molar-refractivity contribution in [2.45, 2.75) is 0 Å². The standard InChI is InChI=1S/C22H20ClFN2O6S/c1-30-16-8-12(9-17(31-2)19(16)32-3)10-18-21(28)26(22(29)33-18)7-6-25-20(27)14-11-13(23)4-5-15(14)24/h4-5,8-11H,6-7H2,1-3H3,(H,25,27)/b18-10-. The molecule has 1 saturated heterocycles. The number of hydrogen-bond acceptors (Lipinski definition) is 7. The van der Waals surface area contributed by atoms with Crippen LogP contribution in [0.15, 0.2) is 35.2 Å². The van der Waals surface area contributed by atoms with E-state index >= 15 is 0 Å². The second kappa shape index (κ2) is 10.6. The molecule has 33 heavy (non-hydrogen) atoms. The Bertz CT molecular complexity index is 1110. The van der Waals surface area contributed by atoms with Crippen LogP contribution in [0.25, 0.3) is 6.08 Å². The van der Waals surface area contributed by atoms with E-state index in [1.165, 1.54) is 39.5 Å². The summed E-state index contributed by atoms with van der Waals surface area (Å²) in [6.45, 7) is -0.133. The molecule has 0 aliphatic carbocycles. The molecule has 0 atom stereocenters. The number of carbonyl (C=O) groups excluding carboxylic acids is 3. The number of carbonyl (C=O) groups is 3. The lowest BCUT2D eigenvalue weighted by atomic mass is 10.1. The zero-order chi connectivity index (χ0) is 24.1. The van der Waals surface area contributed by atoms with E-state index in [4.69, 9.17) is 25.8 Å². The highest BCUT2D eigenvalue weighted by Gasteiger charge is 2.35. The fourth-order valence-corrected chi connectivity index (χ4v) is 4.11. The summed E-state index contributed by atoms with van der Waals surface area (Å²) in [5, 5.41) is 2.21. The van der Waals surface area contributed by atoms with Crippen LogP contribution in [0.4, 0.5) is 9.18 Å². The smallest absolute Gasteiger partial charge is 0.293 e. The maximum atomic E-state index is 13.8. The maximum Gasteiger partial charge on any atom is 0.293 e. The predicted octanol–water partition coefficient (Wildman–Crippen LogP) is 3.97. The molecular weight excluding hydrogens is 475 g/mol. The monoisotopic (exact) mass is 494 g/mol. The lowest BCUT2D eigenvalue weighted by molar-refractivity contribution is -0.122. The average Bonchev–Trinajstić information content (AvgIpc) is 3.06. The number of nitrogens with zero attached hydrogens (tertiary/aromatic N) is 1. The molecule has 8 nitrogen and oxygen atoms in total. The Labute approximate surface area is 198 Å². The first-order valence-corrected chi connectivity index (χ1v) is 10.8. The van der Waals surface area contributed by atoms with Crippen molar-refractivity contribution in [2.75, 3.05) is 34.4 Å². The van der Waals surface area contributed by atoms with Crippen molar-refractivity contribution in [3.05, 3.63) is 57.2 Å². The number of nitrogens with one attached hydrogen (secondary N) is 1. The summed E-state index contributed by atoms with van der Waals surface area (Å²) in [4.78, 5) is 38.5. The van der Waals surface area contributed by atoms with Gasteiger partial charge >= 0.3 is 0 Å². The second-order valence-electron chi connectivity index (χ2n) is 6.67. The Morgan fingerprint density at radius 1 is 1.12 bits per heavy atom. The molecule has 0 saturated carbocycles. The van der Waals surface area contributed by atoms with Crippen LogP contribution in [0.2, 0.25) is 5.02 Å². The van der Waals surface area contributed by atoms with Crippen molar-refractivity contribution in [3.63, 3.8) is 0 Å². The summed E-state index contributed by atoms with van der Waals surface area (Å²) in [5.41, 5.74) is 0.346. The highest BCUT2D eigenvalue weighted by atomic mass is 35.5. The van der Waals surface area contributed by atoms with Crippen LogP contribution in [0, 0.1) is 5.82 Å². The third kappa shape index (κ3) is 5.40. The van der Waals surface area contributed by atoms with E-state index in [2.05, 4.69) is 5.32 Å². The Balaban J connectivity index is 1.70. The average molecular weight is 495 g/mol. The van der Waals surface area contributed by atoms with Gasteiger partial charge in [-0.2, -0.15) is 0 Å². The summed E-state index contributed by atoms with van der Waals surface area (Å²) in [7, 11) is 4.42. The van der Waals surface area contributed by atoms with Crippen LogP contribution in [0.5, 0.6) is 17.2 Å². The number of ether oxygens (including phenoxy) is 3. The molecule has 2 aromatic carbocycles. The molecule has 174 valence electrons. The van der Waals surface area contributed by atoms with E-state index in [-0.39, 0.29) is 28.6 Å². The fraction of sp³-hybridized carbons (Fsp3) is 0.227. The number of benzene rings is 2. The Morgan fingerprint density at radius 2 is 1.79 bits per heavy atom. The first-order valence-electron chi connectivity index (χ1n) is 9.57. The number of hydrogen-bond donors (Lipinski definition) is 1. The van der Waals surface area contributed by atoms with Gasteiger partial charge in [-0.05, 0) is 53.7 Å². The highest BCUT2D eigenvalue weighted by Crippen LogP contribution is 2.40. The van der Waals surface area contributed by atoms with Crippen molar-refractivity contribution in [2.24, 2.45) is 0 Å². The molecule has 0 bridgehead atoms. The molecule has 1 heterocycles. The number of halogens is 2. The number of thioether (sulfide) groups is 1. The molecule has 0 radical (unpaired) electrons. The van der Waals surface area contributed by atoms with E-state index in [1.807, 2.05) is 0 Å². The van der Waals surface area contributed by atoms with Crippen LogP contribution in [0.1, 0.15) is 15.9 Å². The van der Waals surface area contributed by atoms with Crippen LogP contribution < -0.4 is 19.5 Å². The van der Waals surface area contributed by atoms with Crippen molar-refractivity contribution in [1.29, 1.82) is 0 Å². The number of rotatable bonds is 8. The lowest BCUT2D eigenvalue weighted by Gasteiger charge is -2.14. The molecule has 1 N–H and O–H groups in total. The summed E-state index contributed by atoms with van der Waals surface area (Å²) >= 11 is 6.57. The summed E-state index contributed by atoms with van der Waals surface area (Å²) in [6.07, 6.45) is 1.54. The minimum atomic E-state index is -0.726. The summed E-state index contributed by atoms with van der Waals surface area (Å²) in [5.74, 6) is -0.734. The Hall–Kier alpha value is -3.24. The van der Waals surface area contributed by atoms with E-state index < -0.39 is 22.9 Å². The fourth-order valence-electron chi connectivity index (χ4n) is 3.08. The van der Waals surface area contributed by atoms with Gasteiger partial charge in [-0.25, -0.2) is 4.39 Å². The number of methoxy groups -OCH3 is 3. The van der Waals surface area contributed by atoms with E-state index in [0.29, 0.717) is 22.8 Å². The van der Waals surface area contributed by atoms with Crippen LogP contribution in [0.3, 0.4) is 0 Å². The zero-order valence-corrected chi connectivity index (χ0v) is 19.5. The van der Waals surface area contributed by atoms with Gasteiger partial charge in [0.2, 0.25) is 5.75 Å². The first-order chi connectivity index (χ1) is 15.8. The molecule has 1 aliphatic heterocycles. The highest BCUT2D eigenvalue weighted by molar-refractivity contribution is 8.18. The molecule has 2 aromatic rings. The van der Waals surface area contributed by atoms with Crippen molar-refractivity contribution < 1.29 is 33.0 Å². The predicted molar refractivity (Wildman–Crippen MR) is 123 cm³/mol. The normalized spacial score (nSPS) is 14.6. The van der Waals surface area contributed by atoms with Gasteiger partial charge in [0.25, 0.3) is 17.1 Å². The van der Waals surface area contributed by atoms with Crippen LogP contribution >= 0.6 is 23.4 Å². The van der Waals surface area contributed by atoms with Gasteiger partial charge in [0, 0.05) is 18.1 Å². The quantitative estimate of drug-likeness (QED) is 0.555. The largest absolute Gasteiger partial charge is 0.493 e. The Kier molecular flexibility index (Phi) is 7.83. The molecule has 0 unspecified atom stereocenters. The molecule has 0 spiro atoms. The van der Waals surface area contributed by atoms with Crippen molar-refractivity contribution >= 4 is 46.5 Å². The lowest BCUT2D eigenvalue weighted by Crippen LogP contribution is -2.37. The van der Waals surface area contributed by atoms with Crippen LogP contribution in [-0.4, -0.2) is 56.4 Å². The maximum absolute atomic E-state index is 13.8. The van der Waals surface area contributed by atoms with Gasteiger partial charge in [0.05, 0.1) is 31.8 Å². The summed E-state index contributed by atoms with van der Waals surface area (Å²) in [6, 6.07) is 6.91.